The molecule has 2 aliphatic carbocycles. The second kappa shape index (κ2) is 5.45. The van der Waals surface area contributed by atoms with Gasteiger partial charge in [0.2, 0.25) is 0 Å². The number of aryl methyl sites for hydroxylation is 1. The summed E-state index contributed by atoms with van der Waals surface area (Å²) in [6.07, 6.45) is 17.6. The molecule has 4 rings (SSSR count). The molecule has 1 aromatic heterocycles. The Balaban J connectivity index is 2.00. The number of fused-ring (bicyclic) bond motifs is 1. The lowest BCUT2D eigenvalue weighted by atomic mass is 10.0. The molecule has 110 valence electrons. The van der Waals surface area contributed by atoms with Crippen LogP contribution in [-0.4, -0.2) is 9.55 Å². The van der Waals surface area contributed by atoms with Crippen molar-refractivity contribution >= 4 is 22.3 Å². The maximum absolute atomic E-state index is 5.01. The number of imidazole rings is 1. The highest BCUT2D eigenvalue weighted by atomic mass is 15.1. The van der Waals surface area contributed by atoms with Crippen LogP contribution in [0.4, 0.5) is 0 Å². The van der Waals surface area contributed by atoms with Gasteiger partial charge in [0.25, 0.3) is 0 Å². The summed E-state index contributed by atoms with van der Waals surface area (Å²) in [5, 5.41) is 0. The zero-order valence-corrected chi connectivity index (χ0v) is 12.9. The van der Waals surface area contributed by atoms with Gasteiger partial charge in [-0.3, -0.25) is 4.57 Å². The van der Waals surface area contributed by atoms with Gasteiger partial charge in [0, 0.05) is 5.70 Å². The summed E-state index contributed by atoms with van der Waals surface area (Å²) in [5.41, 5.74) is 6.29. The smallest absolute Gasteiger partial charge is 0.141 e. The fraction of sp³-hybridized carbons (Fsp3) is 0.250. The SMILES string of the molecule is Cc1cccc2c1nc(C1=CC=CCC1)n2C1=CC=CCC1. The molecule has 0 amide bonds. The van der Waals surface area contributed by atoms with Crippen molar-refractivity contribution in [2.45, 2.75) is 32.6 Å². The van der Waals surface area contributed by atoms with E-state index in [4.69, 9.17) is 4.98 Å². The minimum absolute atomic E-state index is 1.07. The lowest BCUT2D eigenvalue weighted by molar-refractivity contribution is 0.925. The highest BCUT2D eigenvalue weighted by molar-refractivity contribution is 5.87. The maximum Gasteiger partial charge on any atom is 0.141 e. The van der Waals surface area contributed by atoms with Crippen molar-refractivity contribution in [1.29, 1.82) is 0 Å². The zero-order chi connectivity index (χ0) is 14.9. The van der Waals surface area contributed by atoms with Gasteiger partial charge in [0.15, 0.2) is 0 Å². The quantitative estimate of drug-likeness (QED) is 0.736. The average Bonchev–Trinajstić information content (AvgIpc) is 2.97. The van der Waals surface area contributed by atoms with E-state index in [1.165, 1.54) is 22.4 Å². The van der Waals surface area contributed by atoms with Crippen molar-refractivity contribution in [2.75, 3.05) is 0 Å². The summed E-state index contributed by atoms with van der Waals surface area (Å²) in [4.78, 5) is 5.01. The van der Waals surface area contributed by atoms with E-state index in [-0.39, 0.29) is 0 Å². The lowest BCUT2D eigenvalue weighted by Gasteiger charge is -2.17. The summed E-state index contributed by atoms with van der Waals surface area (Å²) in [7, 11) is 0. The van der Waals surface area contributed by atoms with E-state index < -0.39 is 0 Å². The van der Waals surface area contributed by atoms with E-state index in [2.05, 4.69) is 66.1 Å². The van der Waals surface area contributed by atoms with Crippen LogP contribution in [0.15, 0.2) is 54.7 Å². The Morgan fingerprint density at radius 3 is 2.55 bits per heavy atom. The third-order valence-electron chi connectivity index (χ3n) is 4.47. The predicted molar refractivity (Wildman–Crippen MR) is 93.5 cm³/mol. The Labute approximate surface area is 131 Å². The molecule has 0 bridgehead atoms. The molecule has 0 spiro atoms. The molecular weight excluding hydrogens is 268 g/mol. The van der Waals surface area contributed by atoms with E-state index >= 15 is 0 Å². The number of hydrogen-bond donors (Lipinski definition) is 0. The van der Waals surface area contributed by atoms with Crippen LogP contribution in [0.25, 0.3) is 22.3 Å². The second-order valence-electron chi connectivity index (χ2n) is 6.00. The van der Waals surface area contributed by atoms with Crippen molar-refractivity contribution in [1.82, 2.24) is 9.55 Å². The van der Waals surface area contributed by atoms with Crippen LogP contribution in [0.3, 0.4) is 0 Å². The van der Waals surface area contributed by atoms with Gasteiger partial charge in [0.1, 0.15) is 5.82 Å². The van der Waals surface area contributed by atoms with Gasteiger partial charge in [-0.15, -0.1) is 0 Å². The van der Waals surface area contributed by atoms with Crippen molar-refractivity contribution in [3.63, 3.8) is 0 Å². The Morgan fingerprint density at radius 1 is 1.00 bits per heavy atom. The topological polar surface area (TPSA) is 17.8 Å². The molecule has 0 saturated carbocycles. The third-order valence-corrected chi connectivity index (χ3v) is 4.47. The first-order valence-electron chi connectivity index (χ1n) is 8.05. The molecule has 0 N–H and O–H groups in total. The van der Waals surface area contributed by atoms with Crippen LogP contribution in [0.5, 0.6) is 0 Å². The molecule has 1 heterocycles. The zero-order valence-electron chi connectivity index (χ0n) is 12.9. The number of para-hydroxylation sites is 1. The summed E-state index contributed by atoms with van der Waals surface area (Å²) < 4.78 is 2.37. The summed E-state index contributed by atoms with van der Waals surface area (Å²) >= 11 is 0. The van der Waals surface area contributed by atoms with Crippen LogP contribution < -0.4 is 0 Å². The van der Waals surface area contributed by atoms with Crippen molar-refractivity contribution in [2.24, 2.45) is 0 Å². The largest absolute Gasteiger partial charge is 0.296 e. The summed E-state index contributed by atoms with van der Waals surface area (Å²) in [6.45, 7) is 2.15. The molecule has 0 radical (unpaired) electrons. The van der Waals surface area contributed by atoms with E-state index in [1.54, 1.807) is 0 Å². The van der Waals surface area contributed by atoms with Crippen LogP contribution >= 0.6 is 0 Å². The normalized spacial score (nSPS) is 17.7. The van der Waals surface area contributed by atoms with E-state index in [0.29, 0.717) is 0 Å². The van der Waals surface area contributed by atoms with E-state index in [9.17, 15) is 0 Å². The van der Waals surface area contributed by atoms with Crippen molar-refractivity contribution in [3.05, 3.63) is 66.0 Å². The molecule has 22 heavy (non-hydrogen) atoms. The number of hydrogen-bond acceptors (Lipinski definition) is 1. The van der Waals surface area contributed by atoms with Crippen LogP contribution in [-0.2, 0) is 0 Å². The Morgan fingerprint density at radius 2 is 1.82 bits per heavy atom. The number of allylic oxidation sites excluding steroid dienone is 8. The maximum atomic E-state index is 5.01. The van der Waals surface area contributed by atoms with Crippen LogP contribution in [0, 0.1) is 6.92 Å². The molecular formula is C20H20N2. The minimum Gasteiger partial charge on any atom is -0.296 e. The summed E-state index contributed by atoms with van der Waals surface area (Å²) in [6, 6.07) is 6.47. The Kier molecular flexibility index (Phi) is 3.30. The van der Waals surface area contributed by atoms with Gasteiger partial charge >= 0.3 is 0 Å². The molecule has 1 aromatic carbocycles. The first-order valence-corrected chi connectivity index (χ1v) is 8.05. The van der Waals surface area contributed by atoms with Gasteiger partial charge < -0.3 is 0 Å². The molecule has 0 saturated heterocycles. The van der Waals surface area contributed by atoms with Crippen LogP contribution in [0.2, 0.25) is 0 Å². The number of benzene rings is 1. The summed E-state index contributed by atoms with van der Waals surface area (Å²) in [5.74, 6) is 1.12. The van der Waals surface area contributed by atoms with Gasteiger partial charge in [-0.25, -0.2) is 4.98 Å². The number of rotatable bonds is 2. The molecule has 0 atom stereocenters. The van der Waals surface area contributed by atoms with Crippen LogP contribution in [0.1, 0.15) is 37.1 Å². The standard InChI is InChI=1S/C20H20N2/c1-15-9-8-14-18-19(15)21-20(16-10-4-2-5-11-16)22(18)17-12-6-3-7-13-17/h2-4,6,8-10,12,14H,5,7,11,13H2,1H3. The van der Waals surface area contributed by atoms with Crippen molar-refractivity contribution in [3.8, 4) is 0 Å². The first kappa shape index (κ1) is 13.3. The molecule has 0 aliphatic heterocycles. The van der Waals surface area contributed by atoms with E-state index in [0.717, 1.165) is 37.0 Å². The molecule has 2 aromatic rings. The molecule has 0 fully saturated rings. The fourth-order valence-electron chi connectivity index (χ4n) is 3.31. The second-order valence-corrected chi connectivity index (χ2v) is 6.00. The minimum atomic E-state index is 1.07. The van der Waals surface area contributed by atoms with E-state index in [1.807, 2.05) is 0 Å². The number of aromatic nitrogens is 2. The van der Waals surface area contributed by atoms with Gasteiger partial charge in [-0.05, 0) is 55.9 Å². The molecule has 2 heteroatoms. The van der Waals surface area contributed by atoms with Gasteiger partial charge in [-0.2, -0.15) is 0 Å². The molecule has 2 aliphatic rings. The Bertz CT molecular complexity index is 844. The van der Waals surface area contributed by atoms with Crippen molar-refractivity contribution < 1.29 is 0 Å². The highest BCUT2D eigenvalue weighted by Gasteiger charge is 2.18. The van der Waals surface area contributed by atoms with Gasteiger partial charge in [-0.1, -0.05) is 42.5 Å². The predicted octanol–water partition coefficient (Wildman–Crippen LogP) is 5.27. The third kappa shape index (κ3) is 2.16. The monoisotopic (exact) mass is 288 g/mol. The Hall–Kier alpha value is -2.35. The van der Waals surface area contributed by atoms with Gasteiger partial charge in [0.05, 0.1) is 11.0 Å². The lowest BCUT2D eigenvalue weighted by Crippen LogP contribution is -2.05. The first-order chi connectivity index (χ1) is 10.8. The average molecular weight is 288 g/mol. The highest BCUT2D eigenvalue weighted by Crippen LogP contribution is 2.32. The molecule has 2 nitrogen and oxygen atoms in total. The number of nitrogens with zero attached hydrogens (tertiary/aromatic N) is 2. The molecule has 0 unspecified atom stereocenters. The fourth-order valence-corrected chi connectivity index (χ4v) is 3.31.